The van der Waals surface area contributed by atoms with Gasteiger partial charge >= 0.3 is 0 Å². The van der Waals surface area contributed by atoms with E-state index in [2.05, 4.69) is 98.7 Å². The first-order valence-electron chi connectivity index (χ1n) is 33.8. The number of ketones is 1. The monoisotopic (exact) mass is 1120 g/mol. The van der Waals surface area contributed by atoms with Crippen LogP contribution in [0.2, 0.25) is 0 Å². The number of rotatable bonds is 41. The SMILES string of the molecule is CC1(C)C2CCC1(CS(=O)(=O)[O-])C(=O)C2.CCCCCc1cc(CCCCC)c([S+](c2c(CCCCC)cc(CCCCC)cc2CCCCC)c2c(CCCCC)cc(CCCCC)cc2CCCCC)c(CCCCC)c1. The molecule has 3 aromatic rings. The molecule has 448 valence electrons. The molecule has 2 aliphatic carbocycles. The summed E-state index contributed by atoms with van der Waals surface area (Å²) in [5.74, 6) is -0.280. The molecule has 0 radical (unpaired) electrons. The van der Waals surface area contributed by atoms with Crippen molar-refractivity contribution in [1.82, 2.24) is 0 Å². The fourth-order valence-corrected chi connectivity index (χ4v) is 18.1. The van der Waals surface area contributed by atoms with Crippen LogP contribution in [0.1, 0.15) is 319 Å². The van der Waals surface area contributed by atoms with Crippen molar-refractivity contribution < 1.29 is 17.8 Å². The van der Waals surface area contributed by atoms with Gasteiger partial charge in [-0.05, 0) is 156 Å². The van der Waals surface area contributed by atoms with Gasteiger partial charge < -0.3 is 4.55 Å². The Morgan fingerprint density at radius 3 is 0.848 bits per heavy atom. The minimum atomic E-state index is -4.33. The maximum Gasteiger partial charge on any atom is 0.172 e. The fourth-order valence-electron chi connectivity index (χ4n) is 13.7. The van der Waals surface area contributed by atoms with Crippen molar-refractivity contribution in [3.8, 4) is 0 Å². The first kappa shape index (κ1) is 69.1. The van der Waals surface area contributed by atoms with Crippen molar-refractivity contribution >= 4 is 26.8 Å². The zero-order valence-corrected chi connectivity index (χ0v) is 54.9. The van der Waals surface area contributed by atoms with Crippen LogP contribution in [0.4, 0.5) is 0 Å². The van der Waals surface area contributed by atoms with Crippen molar-refractivity contribution in [2.24, 2.45) is 16.7 Å². The van der Waals surface area contributed by atoms with E-state index >= 15 is 0 Å². The molecule has 0 N–H and O–H groups in total. The smallest absolute Gasteiger partial charge is 0.172 e. The molecule has 0 aromatic heterocycles. The maximum atomic E-state index is 11.8. The van der Waals surface area contributed by atoms with Gasteiger partial charge in [-0.25, -0.2) is 8.42 Å². The molecule has 6 heteroatoms. The summed E-state index contributed by atoms with van der Waals surface area (Å²) < 4.78 is 32.7. The lowest BCUT2D eigenvalue weighted by molar-refractivity contribution is -0.128. The normalized spacial score (nSPS) is 16.8. The second-order valence-corrected chi connectivity index (χ2v) is 28.8. The molecular formula is C73H120O4S2. The van der Waals surface area contributed by atoms with Crippen LogP contribution in [0.15, 0.2) is 51.1 Å². The van der Waals surface area contributed by atoms with E-state index in [9.17, 15) is 17.8 Å². The van der Waals surface area contributed by atoms with E-state index in [0.717, 1.165) is 6.42 Å². The molecule has 2 aliphatic rings. The van der Waals surface area contributed by atoms with Gasteiger partial charge in [0, 0.05) is 45.2 Å². The lowest BCUT2D eigenvalue weighted by atomic mass is 9.70. The van der Waals surface area contributed by atoms with Crippen molar-refractivity contribution in [3.63, 3.8) is 0 Å². The van der Waals surface area contributed by atoms with Crippen LogP contribution >= 0.6 is 0 Å². The highest BCUT2D eigenvalue weighted by molar-refractivity contribution is 7.97. The molecule has 2 fully saturated rings. The number of hydrogen-bond acceptors (Lipinski definition) is 4. The van der Waals surface area contributed by atoms with Crippen molar-refractivity contribution in [1.29, 1.82) is 0 Å². The standard InChI is InChI=1S/C63H105S.C10H16O4S/c1-10-19-28-37-52-46-55(40-31-22-13-4)61(56(47-52)41-32-23-14-5)64(62-57(42-33-24-15-6)48-53(38-29-20-11-2)49-58(62)43-34-25-16-7)63-59(44-35-26-17-8)50-54(39-30-21-12-3)51-60(63)45-36-27-18-9;1-9(2)7-3-4-10(9,8(11)5-7)6-15(12,13)14/h46-51H,10-45H2,1-9H3;7H,3-6H2,1-2H3,(H,12,13,14)/q+1;/p-1. The lowest BCUT2D eigenvalue weighted by Crippen LogP contribution is -2.42. The van der Waals surface area contributed by atoms with Gasteiger partial charge in [-0.2, -0.15) is 0 Å². The molecular weight excluding hydrogens is 1000 g/mol. The van der Waals surface area contributed by atoms with Gasteiger partial charge in [0.15, 0.2) is 14.7 Å². The van der Waals surface area contributed by atoms with Gasteiger partial charge in [-0.3, -0.25) is 4.79 Å². The molecule has 0 spiro atoms. The molecule has 3 aromatic carbocycles. The highest BCUT2D eigenvalue weighted by Gasteiger charge is 2.64. The van der Waals surface area contributed by atoms with Gasteiger partial charge in [-0.1, -0.05) is 228 Å². The summed E-state index contributed by atoms with van der Waals surface area (Å²) in [6.07, 6.45) is 48.3. The number of benzene rings is 3. The Morgan fingerprint density at radius 2 is 0.658 bits per heavy atom. The quantitative estimate of drug-likeness (QED) is 0.0322. The first-order chi connectivity index (χ1) is 38.1. The van der Waals surface area contributed by atoms with Crippen LogP contribution in [0.3, 0.4) is 0 Å². The van der Waals surface area contributed by atoms with Crippen molar-refractivity contribution in [2.75, 3.05) is 5.75 Å². The van der Waals surface area contributed by atoms with E-state index in [1.54, 1.807) is 64.8 Å². The zero-order valence-electron chi connectivity index (χ0n) is 53.3. The number of fused-ring (bicyclic) bond motifs is 2. The van der Waals surface area contributed by atoms with Crippen LogP contribution in [0.5, 0.6) is 0 Å². The first-order valence-corrected chi connectivity index (χ1v) is 36.6. The summed E-state index contributed by atoms with van der Waals surface area (Å²) in [6, 6.07) is 16.8. The predicted octanol–water partition coefficient (Wildman–Crippen LogP) is 21.3. The molecule has 0 saturated heterocycles. The Labute approximate surface area is 491 Å². The van der Waals surface area contributed by atoms with Crippen LogP contribution in [-0.2, 0) is 83.6 Å². The summed E-state index contributed by atoms with van der Waals surface area (Å²) in [7, 11) is -4.49. The molecule has 4 nitrogen and oxygen atoms in total. The fraction of sp³-hybridized carbons (Fsp3) is 0.740. The molecule has 79 heavy (non-hydrogen) atoms. The lowest BCUT2D eigenvalue weighted by Gasteiger charge is -2.37. The average Bonchev–Trinajstić information content (AvgIpc) is 3.81. The Kier molecular flexibility index (Phi) is 32.4. The van der Waals surface area contributed by atoms with Crippen LogP contribution < -0.4 is 0 Å². The molecule has 0 amide bonds. The van der Waals surface area contributed by atoms with Crippen LogP contribution in [-0.4, -0.2) is 24.5 Å². The molecule has 2 saturated carbocycles. The molecule has 2 bridgehead atoms. The average molecular weight is 1130 g/mol. The van der Waals surface area contributed by atoms with Gasteiger partial charge in [0.1, 0.15) is 16.7 Å². The van der Waals surface area contributed by atoms with Gasteiger partial charge in [0.25, 0.3) is 0 Å². The van der Waals surface area contributed by atoms with Crippen LogP contribution in [0.25, 0.3) is 0 Å². The Bertz CT molecular complexity index is 2040. The molecule has 0 heterocycles. The van der Waals surface area contributed by atoms with E-state index in [4.69, 9.17) is 0 Å². The second kappa shape index (κ2) is 37.0. The summed E-state index contributed by atoms with van der Waals surface area (Å²) in [6.45, 7) is 25.4. The van der Waals surface area contributed by atoms with Gasteiger partial charge in [0.2, 0.25) is 0 Å². The minimum Gasteiger partial charge on any atom is -0.748 e. The predicted molar refractivity (Wildman–Crippen MR) is 344 cm³/mol. The number of unbranched alkanes of at least 4 members (excludes halogenated alkanes) is 18. The van der Waals surface area contributed by atoms with E-state index in [-0.39, 0.29) is 28.0 Å². The number of Topliss-reactive ketones (excluding diaryl/α,β-unsaturated/α-hetero) is 1. The maximum absolute atomic E-state index is 11.8. The van der Waals surface area contributed by atoms with E-state index in [0.29, 0.717) is 12.8 Å². The van der Waals surface area contributed by atoms with Crippen molar-refractivity contribution in [2.45, 2.75) is 341 Å². The third-order valence-electron chi connectivity index (χ3n) is 18.6. The Hall–Kier alpha value is -2.41. The topological polar surface area (TPSA) is 74.3 Å². The molecule has 2 unspecified atom stereocenters. The minimum absolute atomic E-state index is 0.0248. The third kappa shape index (κ3) is 21.0. The summed E-state index contributed by atoms with van der Waals surface area (Å²) in [4.78, 5) is 17.2. The van der Waals surface area contributed by atoms with Gasteiger partial charge in [-0.15, -0.1) is 0 Å². The van der Waals surface area contributed by atoms with E-state index < -0.39 is 21.3 Å². The van der Waals surface area contributed by atoms with Crippen molar-refractivity contribution in [3.05, 3.63) is 86.5 Å². The number of hydrogen-bond donors (Lipinski definition) is 0. The second-order valence-electron chi connectivity index (χ2n) is 25.5. The Morgan fingerprint density at radius 1 is 0.418 bits per heavy atom. The molecule has 2 atom stereocenters. The number of carbonyl (C=O) groups excluding carboxylic acids is 1. The highest BCUT2D eigenvalue weighted by atomic mass is 32.2. The highest BCUT2D eigenvalue weighted by Crippen LogP contribution is 2.64. The number of aryl methyl sites for hydroxylation is 9. The molecule has 0 aliphatic heterocycles. The number of carbonyl (C=O) groups is 1. The Balaban J connectivity index is 0.000000763. The van der Waals surface area contributed by atoms with E-state index in [1.165, 1.54) is 231 Å². The van der Waals surface area contributed by atoms with Gasteiger partial charge in [0.05, 0.1) is 15.9 Å². The largest absolute Gasteiger partial charge is 0.748 e. The summed E-state index contributed by atoms with van der Waals surface area (Å²) in [5, 5.41) is 0. The third-order valence-corrected chi connectivity index (χ3v) is 22.2. The summed E-state index contributed by atoms with van der Waals surface area (Å²) in [5.41, 5.74) is 14.1. The molecule has 5 rings (SSSR count). The van der Waals surface area contributed by atoms with E-state index in [1.807, 2.05) is 13.8 Å². The van der Waals surface area contributed by atoms with Crippen LogP contribution in [0, 0.1) is 16.7 Å². The zero-order chi connectivity index (χ0) is 57.7. The summed E-state index contributed by atoms with van der Waals surface area (Å²) >= 11 is 0.